The van der Waals surface area contributed by atoms with Gasteiger partial charge in [-0.05, 0) is 44.0 Å². The first-order chi connectivity index (χ1) is 11.2. The molecule has 6 rings (SSSR count). The molecule has 23 heavy (non-hydrogen) atoms. The van der Waals surface area contributed by atoms with E-state index in [4.69, 9.17) is 16.4 Å². The minimum atomic E-state index is -0.0936. The normalized spacial score (nSPS) is 34.6. The van der Waals surface area contributed by atoms with Crippen molar-refractivity contribution in [3.05, 3.63) is 23.2 Å². The van der Waals surface area contributed by atoms with E-state index in [1.807, 2.05) is 18.2 Å². The molecule has 4 saturated heterocycles. The minimum Gasteiger partial charge on any atom is -0.300 e. The van der Waals surface area contributed by atoms with E-state index >= 15 is 0 Å². The Kier molecular flexibility index (Phi) is 3.17. The lowest BCUT2D eigenvalue weighted by Crippen LogP contribution is -2.59. The van der Waals surface area contributed by atoms with Crippen molar-refractivity contribution in [3.8, 4) is 0 Å². The van der Waals surface area contributed by atoms with E-state index in [0.29, 0.717) is 5.92 Å². The molecule has 120 valence electrons. The summed E-state index contributed by atoms with van der Waals surface area (Å²) in [5.41, 5.74) is 3.87. The van der Waals surface area contributed by atoms with Crippen LogP contribution in [0.5, 0.6) is 0 Å². The molecule has 4 fully saturated rings. The molecule has 4 aliphatic rings. The quantitative estimate of drug-likeness (QED) is 0.858. The summed E-state index contributed by atoms with van der Waals surface area (Å²) in [6.45, 7) is 3.42. The van der Waals surface area contributed by atoms with E-state index in [1.165, 1.54) is 37.3 Å². The van der Waals surface area contributed by atoms with Gasteiger partial charge in [0.25, 0.3) is 0 Å². The van der Waals surface area contributed by atoms with Gasteiger partial charge in [0.1, 0.15) is 11.4 Å². The molecule has 1 atom stereocenters. The highest BCUT2D eigenvalue weighted by Crippen LogP contribution is 2.43. The largest absolute Gasteiger partial charge is 0.300 e. The van der Waals surface area contributed by atoms with Crippen LogP contribution in [-0.4, -0.2) is 41.0 Å². The zero-order chi connectivity index (χ0) is 15.4. The number of nitrogens with zero attached hydrogens (tertiary/aromatic N) is 3. The number of hydrogen-bond donors (Lipinski definition) is 1. The standard InChI is InChI=1S/C16H17ClN4OS/c17-11-2-1-3-12-14(11)23-15(18-12)19-13-8-16(22-20-13)9-21-6-4-10(16)5-7-21/h1-3,10H,4-9H2,(H,18,19,20). The van der Waals surface area contributed by atoms with E-state index in [9.17, 15) is 0 Å². The maximum atomic E-state index is 6.22. The monoisotopic (exact) mass is 348 g/mol. The zero-order valence-corrected chi connectivity index (χ0v) is 14.2. The molecule has 2 bridgehead atoms. The summed E-state index contributed by atoms with van der Waals surface area (Å²) < 4.78 is 0.991. The van der Waals surface area contributed by atoms with Crippen molar-refractivity contribution in [2.24, 2.45) is 10.9 Å². The van der Waals surface area contributed by atoms with Gasteiger partial charge in [0.05, 0.1) is 15.2 Å². The number of halogens is 1. The first-order valence-corrected chi connectivity index (χ1v) is 9.20. The molecule has 1 unspecified atom stereocenters. The van der Waals surface area contributed by atoms with Gasteiger partial charge < -0.3 is 4.90 Å². The maximum Gasteiger partial charge on any atom is 0.212 e. The third-order valence-corrected chi connectivity index (χ3v) is 6.67. The van der Waals surface area contributed by atoms with Crippen molar-refractivity contribution in [2.75, 3.05) is 19.6 Å². The molecule has 4 aliphatic heterocycles. The zero-order valence-electron chi connectivity index (χ0n) is 12.6. The Labute approximate surface area is 143 Å². The Hall–Kier alpha value is -1.21. The molecule has 2 aromatic rings. The molecule has 0 saturated carbocycles. The number of piperidine rings is 3. The summed E-state index contributed by atoms with van der Waals surface area (Å²) in [7, 11) is 0. The van der Waals surface area contributed by atoms with Gasteiger partial charge in [-0.15, -0.1) is 0 Å². The highest BCUT2D eigenvalue weighted by molar-refractivity contribution is 7.22. The van der Waals surface area contributed by atoms with Crippen LogP contribution in [0.4, 0.5) is 5.13 Å². The number of hydroxylamine groups is 1. The van der Waals surface area contributed by atoms with Gasteiger partial charge in [-0.3, -0.25) is 10.3 Å². The molecule has 1 spiro atoms. The highest BCUT2D eigenvalue weighted by Gasteiger charge is 2.52. The molecule has 7 heteroatoms. The minimum absolute atomic E-state index is 0.0936. The fraction of sp³-hybridized carbons (Fsp3) is 0.500. The number of amidine groups is 1. The molecule has 0 aliphatic carbocycles. The topological polar surface area (TPSA) is 49.8 Å². The SMILES string of the molecule is Clc1cccc2nc(/N=C3/CC4(CN5CCC4CC5)ON3)sc12. The van der Waals surface area contributed by atoms with Crippen LogP contribution in [0.15, 0.2) is 23.2 Å². The summed E-state index contributed by atoms with van der Waals surface area (Å²) >= 11 is 7.75. The van der Waals surface area contributed by atoms with Crippen molar-refractivity contribution >= 4 is 44.1 Å². The van der Waals surface area contributed by atoms with Gasteiger partial charge in [0.15, 0.2) is 0 Å². The van der Waals surface area contributed by atoms with E-state index in [0.717, 1.165) is 39.2 Å². The molecule has 5 heterocycles. The first-order valence-electron chi connectivity index (χ1n) is 8.01. The molecular weight excluding hydrogens is 332 g/mol. The second kappa shape index (κ2) is 5.14. The number of aromatic nitrogens is 1. The summed E-state index contributed by atoms with van der Waals surface area (Å²) in [5.74, 6) is 1.52. The van der Waals surface area contributed by atoms with Crippen molar-refractivity contribution in [2.45, 2.75) is 24.9 Å². The summed E-state index contributed by atoms with van der Waals surface area (Å²) in [6.07, 6.45) is 3.30. The fourth-order valence-electron chi connectivity index (χ4n) is 4.09. The third-order valence-electron chi connectivity index (χ3n) is 5.25. The lowest BCUT2D eigenvalue weighted by atomic mass is 9.74. The lowest BCUT2D eigenvalue weighted by molar-refractivity contribution is -0.150. The molecule has 0 amide bonds. The van der Waals surface area contributed by atoms with Gasteiger partial charge in [0, 0.05) is 13.0 Å². The van der Waals surface area contributed by atoms with Crippen LogP contribution in [0, 0.1) is 5.92 Å². The number of fused-ring (bicyclic) bond motifs is 3. The average molecular weight is 349 g/mol. The van der Waals surface area contributed by atoms with Gasteiger partial charge in [0.2, 0.25) is 5.13 Å². The van der Waals surface area contributed by atoms with Crippen molar-refractivity contribution in [3.63, 3.8) is 0 Å². The Bertz CT molecular complexity index is 798. The van der Waals surface area contributed by atoms with E-state index in [2.05, 4.69) is 20.4 Å². The Morgan fingerprint density at radius 3 is 3.00 bits per heavy atom. The van der Waals surface area contributed by atoms with E-state index in [1.54, 1.807) is 0 Å². The van der Waals surface area contributed by atoms with Crippen LogP contribution in [0.3, 0.4) is 0 Å². The van der Waals surface area contributed by atoms with Crippen molar-refractivity contribution in [1.82, 2.24) is 15.4 Å². The van der Waals surface area contributed by atoms with Crippen LogP contribution < -0.4 is 5.48 Å². The van der Waals surface area contributed by atoms with Crippen LogP contribution >= 0.6 is 22.9 Å². The molecule has 0 radical (unpaired) electrons. The second-order valence-electron chi connectivity index (χ2n) is 6.64. The highest BCUT2D eigenvalue weighted by atomic mass is 35.5. The van der Waals surface area contributed by atoms with Crippen LogP contribution in [0.25, 0.3) is 10.2 Å². The van der Waals surface area contributed by atoms with Crippen molar-refractivity contribution in [1.29, 1.82) is 0 Å². The average Bonchev–Trinajstić information content (AvgIpc) is 3.14. The first kappa shape index (κ1) is 14.2. The number of aliphatic imine (C=N–C) groups is 1. The molecular formula is C16H17ClN4OS. The number of benzene rings is 1. The molecule has 5 nitrogen and oxygen atoms in total. The third kappa shape index (κ3) is 2.28. The number of nitrogens with one attached hydrogen (secondary N) is 1. The second-order valence-corrected chi connectivity index (χ2v) is 8.02. The van der Waals surface area contributed by atoms with Crippen LogP contribution in [0.2, 0.25) is 5.02 Å². The van der Waals surface area contributed by atoms with Crippen LogP contribution in [-0.2, 0) is 4.84 Å². The molecule has 1 N–H and O–H groups in total. The van der Waals surface area contributed by atoms with Crippen LogP contribution in [0.1, 0.15) is 19.3 Å². The molecule has 1 aromatic heterocycles. The predicted octanol–water partition coefficient (Wildman–Crippen LogP) is 3.37. The van der Waals surface area contributed by atoms with Gasteiger partial charge in [-0.1, -0.05) is 29.0 Å². The van der Waals surface area contributed by atoms with Gasteiger partial charge >= 0.3 is 0 Å². The summed E-state index contributed by atoms with van der Waals surface area (Å²) in [5, 5.41) is 1.47. The fourth-order valence-corrected chi connectivity index (χ4v) is 5.24. The smallest absolute Gasteiger partial charge is 0.212 e. The van der Waals surface area contributed by atoms with Gasteiger partial charge in [-0.25, -0.2) is 9.98 Å². The Morgan fingerprint density at radius 1 is 1.39 bits per heavy atom. The summed E-state index contributed by atoms with van der Waals surface area (Å²) in [4.78, 5) is 17.8. The predicted molar refractivity (Wildman–Crippen MR) is 92.5 cm³/mol. The lowest BCUT2D eigenvalue weighted by Gasteiger charge is -2.49. The van der Waals surface area contributed by atoms with E-state index < -0.39 is 0 Å². The van der Waals surface area contributed by atoms with E-state index in [-0.39, 0.29) is 5.60 Å². The van der Waals surface area contributed by atoms with Gasteiger partial charge in [-0.2, -0.15) is 0 Å². The maximum absolute atomic E-state index is 6.22. The van der Waals surface area contributed by atoms with Crippen molar-refractivity contribution < 1.29 is 4.84 Å². The Balaban J connectivity index is 1.44. The number of rotatable bonds is 1. The number of thiazole rings is 1. The molecule has 1 aromatic carbocycles. The summed E-state index contributed by atoms with van der Waals surface area (Å²) in [6, 6.07) is 5.77. The Morgan fingerprint density at radius 2 is 2.26 bits per heavy atom. The number of hydrogen-bond acceptors (Lipinski definition) is 5.